The van der Waals surface area contributed by atoms with E-state index in [2.05, 4.69) is 80.5 Å². The van der Waals surface area contributed by atoms with Crippen molar-refractivity contribution in [3.05, 3.63) is 89.1 Å². The van der Waals surface area contributed by atoms with Crippen molar-refractivity contribution in [1.29, 1.82) is 0 Å². The highest BCUT2D eigenvalue weighted by molar-refractivity contribution is 5.52. The van der Waals surface area contributed by atoms with Crippen molar-refractivity contribution in [3.8, 4) is 0 Å². The molecule has 22 heavy (non-hydrogen) atoms. The zero-order chi connectivity index (χ0) is 15.5. The SMILES string of the molecule is C=Cc1ccccc1C1CC(c2cc(C)cc(C)c2)C=C[NH2+]1. The minimum absolute atomic E-state index is 0.463. The Kier molecular flexibility index (Phi) is 4.26. The minimum Gasteiger partial charge on any atom is -0.314 e. The van der Waals surface area contributed by atoms with Crippen LogP contribution >= 0.6 is 0 Å². The van der Waals surface area contributed by atoms with Gasteiger partial charge in [-0.3, -0.25) is 0 Å². The highest BCUT2D eigenvalue weighted by atomic mass is 14.9. The molecule has 1 aliphatic heterocycles. The fourth-order valence-corrected chi connectivity index (χ4v) is 3.50. The van der Waals surface area contributed by atoms with Crippen molar-refractivity contribution in [2.24, 2.45) is 0 Å². The normalized spacial score (nSPS) is 20.8. The highest BCUT2D eigenvalue weighted by Gasteiger charge is 2.25. The van der Waals surface area contributed by atoms with Gasteiger partial charge in [-0.05, 0) is 31.1 Å². The summed E-state index contributed by atoms with van der Waals surface area (Å²) in [4.78, 5) is 0. The van der Waals surface area contributed by atoms with E-state index in [1.54, 1.807) is 0 Å². The Morgan fingerprint density at radius 2 is 1.82 bits per heavy atom. The zero-order valence-electron chi connectivity index (χ0n) is 13.4. The molecule has 1 heteroatoms. The summed E-state index contributed by atoms with van der Waals surface area (Å²) in [6.45, 7) is 8.32. The van der Waals surface area contributed by atoms with Gasteiger partial charge in [0.2, 0.25) is 0 Å². The predicted molar refractivity (Wildman–Crippen MR) is 93.6 cm³/mol. The molecule has 3 rings (SSSR count). The number of quaternary nitrogens is 1. The van der Waals surface area contributed by atoms with Crippen molar-refractivity contribution in [2.75, 3.05) is 0 Å². The van der Waals surface area contributed by atoms with E-state index in [0.29, 0.717) is 12.0 Å². The summed E-state index contributed by atoms with van der Waals surface area (Å²) in [5.41, 5.74) is 6.76. The summed E-state index contributed by atoms with van der Waals surface area (Å²) in [5, 5.41) is 2.32. The van der Waals surface area contributed by atoms with Crippen molar-refractivity contribution in [1.82, 2.24) is 0 Å². The monoisotopic (exact) mass is 290 g/mol. The van der Waals surface area contributed by atoms with Gasteiger partial charge in [-0.2, -0.15) is 0 Å². The lowest BCUT2D eigenvalue weighted by atomic mass is 9.85. The Bertz CT molecular complexity index is 691. The smallest absolute Gasteiger partial charge is 0.117 e. The van der Waals surface area contributed by atoms with Crippen molar-refractivity contribution >= 4 is 6.08 Å². The fourth-order valence-electron chi connectivity index (χ4n) is 3.50. The molecular weight excluding hydrogens is 266 g/mol. The number of benzene rings is 2. The number of allylic oxidation sites excluding steroid dienone is 1. The van der Waals surface area contributed by atoms with Crippen LogP contribution in [0.1, 0.15) is 46.2 Å². The Labute approximate surface area is 133 Å². The third-order valence-corrected chi connectivity index (χ3v) is 4.48. The molecule has 0 radical (unpaired) electrons. The first kappa shape index (κ1) is 14.8. The van der Waals surface area contributed by atoms with Gasteiger partial charge in [0, 0.05) is 17.9 Å². The van der Waals surface area contributed by atoms with Crippen LogP contribution in [0.25, 0.3) is 6.08 Å². The summed E-state index contributed by atoms with van der Waals surface area (Å²) >= 11 is 0. The van der Waals surface area contributed by atoms with Crippen molar-refractivity contribution in [2.45, 2.75) is 32.2 Å². The Morgan fingerprint density at radius 3 is 2.55 bits per heavy atom. The van der Waals surface area contributed by atoms with E-state index >= 15 is 0 Å². The molecule has 0 fully saturated rings. The number of rotatable bonds is 3. The molecule has 1 nitrogen and oxygen atoms in total. The van der Waals surface area contributed by atoms with Gasteiger partial charge >= 0.3 is 0 Å². The second-order valence-corrected chi connectivity index (χ2v) is 6.28. The number of hydrogen-bond donors (Lipinski definition) is 1. The molecule has 1 aliphatic rings. The van der Waals surface area contributed by atoms with Gasteiger partial charge < -0.3 is 5.32 Å². The number of nitrogens with two attached hydrogens (primary N) is 1. The van der Waals surface area contributed by atoms with E-state index in [-0.39, 0.29) is 0 Å². The molecule has 2 aromatic rings. The summed E-state index contributed by atoms with van der Waals surface area (Å²) in [6, 6.07) is 15.9. The molecule has 0 saturated heterocycles. The molecule has 0 saturated carbocycles. The fraction of sp³-hybridized carbons (Fsp3) is 0.238. The summed E-state index contributed by atoms with van der Waals surface area (Å²) in [5.74, 6) is 0.492. The average molecular weight is 290 g/mol. The maximum Gasteiger partial charge on any atom is 0.117 e. The van der Waals surface area contributed by atoms with Crippen LogP contribution < -0.4 is 5.32 Å². The molecule has 0 spiro atoms. The average Bonchev–Trinajstić information content (AvgIpc) is 2.54. The van der Waals surface area contributed by atoms with Gasteiger partial charge in [0.25, 0.3) is 0 Å². The molecule has 2 N–H and O–H groups in total. The van der Waals surface area contributed by atoms with Crippen LogP contribution in [-0.2, 0) is 0 Å². The third-order valence-electron chi connectivity index (χ3n) is 4.48. The van der Waals surface area contributed by atoms with Crippen LogP contribution in [0.4, 0.5) is 0 Å². The lowest BCUT2D eigenvalue weighted by Gasteiger charge is -2.25. The number of hydrogen-bond acceptors (Lipinski definition) is 0. The van der Waals surface area contributed by atoms with E-state index in [4.69, 9.17) is 0 Å². The van der Waals surface area contributed by atoms with Gasteiger partial charge in [-0.15, -0.1) is 0 Å². The van der Waals surface area contributed by atoms with Crippen LogP contribution in [0.3, 0.4) is 0 Å². The van der Waals surface area contributed by atoms with Crippen LogP contribution in [0.5, 0.6) is 0 Å². The first-order valence-corrected chi connectivity index (χ1v) is 7.98. The molecule has 2 unspecified atom stereocenters. The lowest BCUT2D eigenvalue weighted by molar-refractivity contribution is -0.638. The Balaban J connectivity index is 1.90. The molecule has 2 aromatic carbocycles. The summed E-state index contributed by atoms with van der Waals surface area (Å²) in [7, 11) is 0. The second-order valence-electron chi connectivity index (χ2n) is 6.28. The second kappa shape index (κ2) is 6.33. The molecule has 112 valence electrons. The minimum atomic E-state index is 0.463. The van der Waals surface area contributed by atoms with Crippen molar-refractivity contribution < 1.29 is 5.32 Å². The molecule has 0 aromatic heterocycles. The van der Waals surface area contributed by atoms with Gasteiger partial charge in [0.15, 0.2) is 0 Å². The van der Waals surface area contributed by atoms with Crippen LogP contribution in [0, 0.1) is 13.8 Å². The van der Waals surface area contributed by atoms with Gasteiger partial charge in [-0.25, -0.2) is 0 Å². The van der Waals surface area contributed by atoms with E-state index in [0.717, 1.165) is 6.42 Å². The summed E-state index contributed by atoms with van der Waals surface area (Å²) in [6.07, 6.45) is 7.66. The van der Waals surface area contributed by atoms with E-state index in [9.17, 15) is 0 Å². The van der Waals surface area contributed by atoms with Gasteiger partial charge in [0.1, 0.15) is 6.04 Å². The predicted octanol–water partition coefficient (Wildman–Crippen LogP) is 4.25. The van der Waals surface area contributed by atoms with Gasteiger partial charge in [-0.1, -0.05) is 66.2 Å². The zero-order valence-corrected chi connectivity index (χ0v) is 13.4. The first-order chi connectivity index (χ1) is 10.7. The standard InChI is InChI=1S/C21H23N/c1-4-17-7-5-6-8-20(17)21-14-18(9-10-22-21)19-12-15(2)11-16(3)13-19/h4-13,18,21-22H,1,14H2,2-3H3/p+1. The molecule has 0 bridgehead atoms. The molecule has 0 aliphatic carbocycles. The quantitative estimate of drug-likeness (QED) is 0.870. The first-order valence-electron chi connectivity index (χ1n) is 7.98. The van der Waals surface area contributed by atoms with Crippen molar-refractivity contribution in [3.63, 3.8) is 0 Å². The van der Waals surface area contributed by atoms with E-state index in [1.807, 2.05) is 6.08 Å². The Hall–Kier alpha value is -2.12. The largest absolute Gasteiger partial charge is 0.314 e. The lowest BCUT2D eigenvalue weighted by Crippen LogP contribution is -2.80. The Morgan fingerprint density at radius 1 is 1.09 bits per heavy atom. The molecular formula is C21H24N+. The van der Waals surface area contributed by atoms with Crippen LogP contribution in [-0.4, -0.2) is 0 Å². The van der Waals surface area contributed by atoms with Gasteiger partial charge in [0.05, 0.1) is 6.20 Å². The summed E-state index contributed by atoms with van der Waals surface area (Å²) < 4.78 is 0. The maximum absolute atomic E-state index is 3.95. The highest BCUT2D eigenvalue weighted by Crippen LogP contribution is 2.31. The number of aryl methyl sites for hydroxylation is 2. The maximum atomic E-state index is 3.95. The van der Waals surface area contributed by atoms with Crippen LogP contribution in [0.2, 0.25) is 0 Å². The van der Waals surface area contributed by atoms with E-state index in [1.165, 1.54) is 27.8 Å². The van der Waals surface area contributed by atoms with E-state index < -0.39 is 0 Å². The molecule has 2 atom stereocenters. The topological polar surface area (TPSA) is 16.6 Å². The van der Waals surface area contributed by atoms with Crippen LogP contribution in [0.15, 0.2) is 61.3 Å². The molecule has 1 heterocycles. The molecule has 0 amide bonds. The third kappa shape index (κ3) is 3.05.